The molecule has 0 aromatic rings. The van der Waals surface area contributed by atoms with Crippen LogP contribution in [0.25, 0.3) is 0 Å². The van der Waals surface area contributed by atoms with Gasteiger partial charge in [0.05, 0.1) is 0 Å². The molecule has 1 heterocycles. The Labute approximate surface area is 40.2 Å². The van der Waals surface area contributed by atoms with Crippen molar-refractivity contribution in [3.05, 3.63) is 0 Å². The van der Waals surface area contributed by atoms with Gasteiger partial charge in [-0.15, -0.1) is 0 Å². The first-order valence-corrected chi connectivity index (χ1v) is 2.93. The van der Waals surface area contributed by atoms with Crippen LogP contribution in [0.1, 0.15) is 19.8 Å². The molecule has 1 aliphatic heterocycles. The van der Waals surface area contributed by atoms with Crippen molar-refractivity contribution >= 4 is 7.28 Å². The SMILES string of the molecule is CCC1BCC1. The van der Waals surface area contributed by atoms with Crippen LogP contribution < -0.4 is 0 Å². The fraction of sp³-hybridized carbons (Fsp3) is 1.00. The average molecular weight is 82.0 g/mol. The molecular weight excluding hydrogens is 70.9 g/mol. The Morgan fingerprint density at radius 2 is 2.50 bits per heavy atom. The summed E-state index contributed by atoms with van der Waals surface area (Å²) < 4.78 is 0. The summed E-state index contributed by atoms with van der Waals surface area (Å²) in [5.41, 5.74) is 0. The van der Waals surface area contributed by atoms with E-state index in [1.807, 2.05) is 0 Å². The van der Waals surface area contributed by atoms with Crippen LogP contribution in [0.2, 0.25) is 12.1 Å². The van der Waals surface area contributed by atoms with Gasteiger partial charge in [-0.1, -0.05) is 31.9 Å². The summed E-state index contributed by atoms with van der Waals surface area (Å²) in [5, 5.41) is 0. The first-order valence-electron chi connectivity index (χ1n) is 2.93. The zero-order chi connectivity index (χ0) is 4.41. The molecular formula is C5H11B. The summed E-state index contributed by atoms with van der Waals surface area (Å²) in [7, 11) is 1.51. The standard InChI is InChI=1S/C5H11B/c1-2-5-3-4-6-5/h5-6H,2-4H2,1H3. The second-order valence-electron chi connectivity index (χ2n) is 2.21. The van der Waals surface area contributed by atoms with Crippen LogP contribution in [0.3, 0.4) is 0 Å². The topological polar surface area (TPSA) is 0 Å². The fourth-order valence-electron chi connectivity index (χ4n) is 0.901. The maximum atomic E-state index is 2.28. The summed E-state index contributed by atoms with van der Waals surface area (Å²) in [6.45, 7) is 2.28. The molecule has 34 valence electrons. The van der Waals surface area contributed by atoms with Crippen molar-refractivity contribution in [2.45, 2.75) is 31.9 Å². The summed E-state index contributed by atoms with van der Waals surface area (Å²) in [6, 6.07) is 0. The van der Waals surface area contributed by atoms with E-state index in [0.29, 0.717) is 0 Å². The minimum Gasteiger partial charge on any atom is -0.0776 e. The second kappa shape index (κ2) is 1.68. The lowest BCUT2D eigenvalue weighted by atomic mass is 9.47. The van der Waals surface area contributed by atoms with Gasteiger partial charge in [0.15, 0.2) is 0 Å². The van der Waals surface area contributed by atoms with Crippen molar-refractivity contribution in [1.82, 2.24) is 0 Å². The second-order valence-corrected chi connectivity index (χ2v) is 2.21. The maximum Gasteiger partial charge on any atom is 0.124 e. The highest BCUT2D eigenvalue weighted by Gasteiger charge is 2.15. The van der Waals surface area contributed by atoms with Gasteiger partial charge in [-0.05, 0) is 0 Å². The molecule has 0 aromatic carbocycles. The van der Waals surface area contributed by atoms with Gasteiger partial charge in [-0.25, -0.2) is 0 Å². The third-order valence-electron chi connectivity index (χ3n) is 1.80. The summed E-state index contributed by atoms with van der Waals surface area (Å²) >= 11 is 0. The Hall–Kier alpha value is 0.0649. The van der Waals surface area contributed by atoms with Crippen LogP contribution in [0, 0.1) is 0 Å². The minimum absolute atomic E-state index is 1.12. The molecule has 1 unspecified atom stereocenters. The molecule has 1 heteroatoms. The van der Waals surface area contributed by atoms with Crippen molar-refractivity contribution in [2.75, 3.05) is 0 Å². The highest BCUT2D eigenvalue weighted by Crippen LogP contribution is 2.27. The van der Waals surface area contributed by atoms with Crippen molar-refractivity contribution in [1.29, 1.82) is 0 Å². The summed E-state index contributed by atoms with van der Waals surface area (Å²) in [6.07, 6.45) is 4.43. The largest absolute Gasteiger partial charge is 0.124 e. The van der Waals surface area contributed by atoms with Gasteiger partial charge in [0.25, 0.3) is 0 Å². The number of hydrogen-bond acceptors (Lipinski definition) is 0. The van der Waals surface area contributed by atoms with Gasteiger partial charge in [0.2, 0.25) is 0 Å². The van der Waals surface area contributed by atoms with Crippen LogP contribution in [0.15, 0.2) is 0 Å². The lowest BCUT2D eigenvalue weighted by Gasteiger charge is -2.21. The van der Waals surface area contributed by atoms with Crippen LogP contribution in [0.4, 0.5) is 0 Å². The highest BCUT2D eigenvalue weighted by molar-refractivity contribution is 6.41. The first-order chi connectivity index (χ1) is 2.93. The van der Waals surface area contributed by atoms with Crippen LogP contribution in [-0.2, 0) is 0 Å². The number of hydrogen-bond donors (Lipinski definition) is 0. The van der Waals surface area contributed by atoms with Crippen molar-refractivity contribution < 1.29 is 0 Å². The third kappa shape index (κ3) is 0.587. The molecule has 0 nitrogen and oxygen atoms in total. The molecule has 1 rings (SSSR count). The molecule has 0 radical (unpaired) electrons. The zero-order valence-electron chi connectivity index (χ0n) is 4.41. The van der Waals surface area contributed by atoms with E-state index in [2.05, 4.69) is 6.92 Å². The Balaban J connectivity index is 2.01. The molecule has 1 atom stereocenters. The van der Waals surface area contributed by atoms with E-state index < -0.39 is 0 Å². The number of rotatable bonds is 1. The molecule has 0 spiro atoms. The molecule has 0 aromatic heterocycles. The van der Waals surface area contributed by atoms with Gasteiger partial charge < -0.3 is 0 Å². The molecule has 0 amide bonds. The first kappa shape index (κ1) is 4.23. The van der Waals surface area contributed by atoms with E-state index in [9.17, 15) is 0 Å². The Kier molecular flexibility index (Phi) is 1.18. The molecule has 0 saturated carbocycles. The lowest BCUT2D eigenvalue weighted by molar-refractivity contribution is 0.695. The summed E-state index contributed by atoms with van der Waals surface area (Å²) in [5.74, 6) is 1.12. The Morgan fingerprint density at radius 1 is 1.83 bits per heavy atom. The molecule has 0 bridgehead atoms. The zero-order valence-corrected chi connectivity index (χ0v) is 4.41. The quantitative estimate of drug-likeness (QED) is 0.420. The molecule has 0 N–H and O–H groups in total. The van der Waals surface area contributed by atoms with Crippen molar-refractivity contribution in [3.63, 3.8) is 0 Å². The van der Waals surface area contributed by atoms with E-state index in [1.54, 1.807) is 0 Å². The maximum absolute atomic E-state index is 2.28. The van der Waals surface area contributed by atoms with E-state index in [1.165, 1.54) is 26.4 Å². The van der Waals surface area contributed by atoms with E-state index in [-0.39, 0.29) is 0 Å². The summed E-state index contributed by atoms with van der Waals surface area (Å²) in [4.78, 5) is 0. The van der Waals surface area contributed by atoms with Crippen LogP contribution >= 0.6 is 0 Å². The molecule has 1 saturated heterocycles. The van der Waals surface area contributed by atoms with Gasteiger partial charge in [0.1, 0.15) is 7.28 Å². The van der Waals surface area contributed by atoms with Crippen LogP contribution in [0.5, 0.6) is 0 Å². The normalized spacial score (nSPS) is 31.2. The van der Waals surface area contributed by atoms with Gasteiger partial charge in [-0.3, -0.25) is 0 Å². The molecule has 6 heavy (non-hydrogen) atoms. The predicted octanol–water partition coefficient (Wildman–Crippen LogP) is 1.44. The molecule has 0 aliphatic carbocycles. The van der Waals surface area contributed by atoms with Gasteiger partial charge in [-0.2, -0.15) is 0 Å². The van der Waals surface area contributed by atoms with Gasteiger partial charge in [0, 0.05) is 0 Å². The van der Waals surface area contributed by atoms with Crippen LogP contribution in [-0.4, -0.2) is 7.28 Å². The predicted molar refractivity (Wildman–Crippen MR) is 30.6 cm³/mol. The average Bonchev–Trinajstić information content (AvgIpc) is 1.31. The smallest absolute Gasteiger partial charge is 0.0776 e. The molecule has 1 fully saturated rings. The van der Waals surface area contributed by atoms with E-state index in [0.717, 1.165) is 5.82 Å². The highest BCUT2D eigenvalue weighted by atomic mass is 14.0. The molecule has 1 aliphatic rings. The lowest BCUT2D eigenvalue weighted by Crippen LogP contribution is -2.12. The van der Waals surface area contributed by atoms with Crippen molar-refractivity contribution in [3.8, 4) is 0 Å². The van der Waals surface area contributed by atoms with E-state index >= 15 is 0 Å². The van der Waals surface area contributed by atoms with E-state index in [4.69, 9.17) is 0 Å². The Morgan fingerprint density at radius 3 is 2.50 bits per heavy atom. The van der Waals surface area contributed by atoms with Crippen molar-refractivity contribution in [2.24, 2.45) is 0 Å². The fourth-order valence-corrected chi connectivity index (χ4v) is 0.901. The third-order valence-corrected chi connectivity index (χ3v) is 1.80. The van der Waals surface area contributed by atoms with Gasteiger partial charge >= 0.3 is 0 Å². The minimum atomic E-state index is 1.12. The monoisotopic (exact) mass is 82.1 g/mol. The Bertz CT molecular complexity index is 36.4.